The minimum absolute atomic E-state index is 0.0402. The lowest BCUT2D eigenvalue weighted by molar-refractivity contribution is 0.0695. The Hall–Kier alpha value is -4.64. The van der Waals surface area contributed by atoms with Gasteiger partial charge in [-0.3, -0.25) is 9.59 Å². The molecule has 1 aliphatic carbocycles. The minimum Gasteiger partial charge on any atom is -0.379 e. The second-order valence-corrected chi connectivity index (χ2v) is 13.0. The number of carbonyl (C=O) groups excluding carboxylic acids is 2. The molecule has 1 N–H and O–H groups in total. The predicted molar refractivity (Wildman–Crippen MR) is 167 cm³/mol. The summed E-state index contributed by atoms with van der Waals surface area (Å²) >= 11 is 0. The molecule has 2 heterocycles. The average molecular weight is 614 g/mol. The number of nitrogens with one attached hydrogen (secondary N) is 1. The molecule has 11 heteroatoms. The highest BCUT2D eigenvalue weighted by atomic mass is 32.2. The molecule has 1 saturated heterocycles. The van der Waals surface area contributed by atoms with Crippen LogP contribution < -0.4 is 14.4 Å². The summed E-state index contributed by atoms with van der Waals surface area (Å²) in [6, 6.07) is 20.7. The Labute approximate surface area is 257 Å². The first kappa shape index (κ1) is 29.4. The molecular weight excluding hydrogens is 578 g/mol. The van der Waals surface area contributed by atoms with Gasteiger partial charge in [0.1, 0.15) is 10.6 Å². The van der Waals surface area contributed by atoms with Crippen LogP contribution in [-0.4, -0.2) is 67.9 Å². The van der Waals surface area contributed by atoms with Gasteiger partial charge < -0.3 is 23.9 Å². The van der Waals surface area contributed by atoms with E-state index >= 15 is 0 Å². The molecule has 228 valence electrons. The van der Waals surface area contributed by atoms with Gasteiger partial charge in [-0.1, -0.05) is 6.07 Å². The minimum atomic E-state index is -4.14. The third-order valence-electron chi connectivity index (χ3n) is 8.10. The van der Waals surface area contributed by atoms with Crippen molar-refractivity contribution in [2.75, 3.05) is 32.1 Å². The molecule has 3 aromatic carbocycles. The maximum absolute atomic E-state index is 13.1. The highest BCUT2D eigenvalue weighted by molar-refractivity contribution is 7.87. The number of rotatable bonds is 9. The molecule has 0 atom stereocenters. The van der Waals surface area contributed by atoms with Gasteiger partial charge in [0.05, 0.1) is 18.2 Å². The standard InChI is InChI=1S/C33H35N5O5S/c1-36(2)27-12-6-24(7-13-27)33(40)37-18-16-28(17-19-37)38-22-34-21-31(38)23-8-14-29(15-9-23)43-44(41,42)30-5-3-4-25(20-30)32(39)35-26-10-11-26/h3-9,12-15,20-22,26,28H,10-11,16-19H2,1-2H3,(H,35,39). The van der Waals surface area contributed by atoms with Crippen LogP contribution in [0.2, 0.25) is 0 Å². The summed E-state index contributed by atoms with van der Waals surface area (Å²) in [6.07, 6.45) is 7.06. The van der Waals surface area contributed by atoms with E-state index in [4.69, 9.17) is 4.18 Å². The SMILES string of the molecule is CN(C)c1ccc(C(=O)N2CCC(n3cncc3-c3ccc(OS(=O)(=O)c4cccc(C(=O)NC5CC5)c4)cc3)CC2)cc1. The molecule has 6 rings (SSSR count). The van der Waals surface area contributed by atoms with Crippen molar-refractivity contribution in [3.63, 3.8) is 0 Å². The normalized spacial score (nSPS) is 15.5. The Morgan fingerprint density at radius 1 is 0.909 bits per heavy atom. The second kappa shape index (κ2) is 12.2. The molecule has 2 amide bonds. The van der Waals surface area contributed by atoms with E-state index in [-0.39, 0.29) is 40.1 Å². The lowest BCUT2D eigenvalue weighted by Crippen LogP contribution is -2.39. The summed E-state index contributed by atoms with van der Waals surface area (Å²) in [5, 5.41) is 2.86. The average Bonchev–Trinajstić information content (AvgIpc) is 3.72. The molecule has 0 bridgehead atoms. The van der Waals surface area contributed by atoms with Crippen molar-refractivity contribution >= 4 is 27.6 Å². The smallest absolute Gasteiger partial charge is 0.339 e. The van der Waals surface area contributed by atoms with Gasteiger partial charge in [-0.05, 0) is 92.4 Å². The molecule has 4 aromatic rings. The number of amides is 2. The summed E-state index contributed by atoms with van der Waals surface area (Å²) in [5.74, 6) is -0.0887. The van der Waals surface area contributed by atoms with E-state index in [2.05, 4.69) is 14.9 Å². The number of hydrogen-bond acceptors (Lipinski definition) is 7. The second-order valence-electron chi connectivity index (χ2n) is 11.5. The number of imidazole rings is 1. The topological polar surface area (TPSA) is 114 Å². The predicted octanol–water partition coefficient (Wildman–Crippen LogP) is 4.75. The van der Waals surface area contributed by atoms with Crippen LogP contribution in [0.25, 0.3) is 11.3 Å². The molecule has 2 fully saturated rings. The molecule has 1 aromatic heterocycles. The number of anilines is 1. The third-order valence-corrected chi connectivity index (χ3v) is 9.34. The number of likely N-dealkylation sites (tertiary alicyclic amines) is 1. The van der Waals surface area contributed by atoms with E-state index in [1.54, 1.807) is 42.9 Å². The molecule has 0 unspecified atom stereocenters. The fraction of sp³-hybridized carbons (Fsp3) is 0.303. The number of benzene rings is 3. The first-order chi connectivity index (χ1) is 21.2. The van der Waals surface area contributed by atoms with E-state index in [0.717, 1.165) is 42.6 Å². The van der Waals surface area contributed by atoms with Crippen LogP contribution in [-0.2, 0) is 10.1 Å². The molecule has 44 heavy (non-hydrogen) atoms. The Balaban J connectivity index is 1.09. The zero-order valence-corrected chi connectivity index (χ0v) is 25.5. The van der Waals surface area contributed by atoms with Gasteiger partial charge >= 0.3 is 10.1 Å². The van der Waals surface area contributed by atoms with Gasteiger partial charge in [-0.25, -0.2) is 4.98 Å². The number of piperidine rings is 1. The van der Waals surface area contributed by atoms with Gasteiger partial charge in [-0.15, -0.1) is 0 Å². The van der Waals surface area contributed by atoms with Gasteiger partial charge in [0.15, 0.2) is 0 Å². The van der Waals surface area contributed by atoms with Crippen molar-refractivity contribution in [3.05, 3.63) is 96.4 Å². The van der Waals surface area contributed by atoms with Crippen molar-refractivity contribution in [2.45, 2.75) is 42.7 Å². The maximum Gasteiger partial charge on any atom is 0.339 e. The highest BCUT2D eigenvalue weighted by Gasteiger charge is 2.27. The summed E-state index contributed by atoms with van der Waals surface area (Å²) < 4.78 is 33.5. The monoisotopic (exact) mass is 613 g/mol. The number of nitrogens with zero attached hydrogens (tertiary/aromatic N) is 4. The van der Waals surface area contributed by atoms with Crippen LogP contribution in [0.5, 0.6) is 5.75 Å². The fourth-order valence-electron chi connectivity index (χ4n) is 5.40. The summed E-state index contributed by atoms with van der Waals surface area (Å²) in [4.78, 5) is 33.7. The van der Waals surface area contributed by atoms with Gasteiger partial charge in [-0.2, -0.15) is 8.42 Å². The Kier molecular flexibility index (Phi) is 8.13. The Morgan fingerprint density at radius 3 is 2.27 bits per heavy atom. The molecule has 0 spiro atoms. The van der Waals surface area contributed by atoms with Crippen LogP contribution in [0.1, 0.15) is 52.4 Å². The fourth-order valence-corrected chi connectivity index (χ4v) is 6.37. The lowest BCUT2D eigenvalue weighted by atomic mass is 10.0. The number of hydrogen-bond donors (Lipinski definition) is 1. The van der Waals surface area contributed by atoms with E-state index in [1.807, 2.05) is 48.2 Å². The molecule has 1 saturated carbocycles. The quantitative estimate of drug-likeness (QED) is 0.271. The molecule has 10 nitrogen and oxygen atoms in total. The van der Waals surface area contributed by atoms with Crippen molar-refractivity contribution in [1.82, 2.24) is 19.8 Å². The zero-order chi connectivity index (χ0) is 30.8. The summed E-state index contributed by atoms with van der Waals surface area (Å²) in [5.41, 5.74) is 3.78. The van der Waals surface area contributed by atoms with Crippen LogP contribution in [0.15, 0.2) is 90.2 Å². The molecule has 0 radical (unpaired) electrons. The van der Waals surface area contributed by atoms with Crippen molar-refractivity contribution in [3.8, 4) is 17.0 Å². The van der Waals surface area contributed by atoms with Crippen molar-refractivity contribution in [1.29, 1.82) is 0 Å². The Morgan fingerprint density at radius 2 is 1.61 bits per heavy atom. The summed E-state index contributed by atoms with van der Waals surface area (Å²) in [6.45, 7) is 1.29. The van der Waals surface area contributed by atoms with E-state index < -0.39 is 10.1 Å². The van der Waals surface area contributed by atoms with Crippen LogP contribution in [0.3, 0.4) is 0 Å². The lowest BCUT2D eigenvalue weighted by Gasteiger charge is -2.33. The Bertz CT molecular complexity index is 1750. The zero-order valence-electron chi connectivity index (χ0n) is 24.7. The van der Waals surface area contributed by atoms with E-state index in [0.29, 0.717) is 18.7 Å². The molecule has 1 aliphatic heterocycles. The van der Waals surface area contributed by atoms with Gasteiger partial charge in [0, 0.05) is 61.6 Å². The van der Waals surface area contributed by atoms with Crippen LogP contribution in [0, 0.1) is 0 Å². The molecule has 2 aliphatic rings. The van der Waals surface area contributed by atoms with Crippen molar-refractivity contribution < 1.29 is 22.2 Å². The summed E-state index contributed by atoms with van der Waals surface area (Å²) in [7, 11) is -0.202. The highest BCUT2D eigenvalue weighted by Crippen LogP contribution is 2.31. The molecular formula is C33H35N5O5S. The van der Waals surface area contributed by atoms with Gasteiger partial charge in [0.25, 0.3) is 11.8 Å². The number of aromatic nitrogens is 2. The van der Waals surface area contributed by atoms with Crippen LogP contribution in [0.4, 0.5) is 5.69 Å². The van der Waals surface area contributed by atoms with Gasteiger partial charge in [0.2, 0.25) is 0 Å². The number of carbonyl (C=O) groups is 2. The van der Waals surface area contributed by atoms with E-state index in [9.17, 15) is 18.0 Å². The third kappa shape index (κ3) is 6.47. The van der Waals surface area contributed by atoms with Crippen molar-refractivity contribution in [2.24, 2.45) is 0 Å². The largest absolute Gasteiger partial charge is 0.379 e. The maximum atomic E-state index is 13.1. The van der Waals surface area contributed by atoms with E-state index in [1.165, 1.54) is 18.2 Å². The first-order valence-corrected chi connectivity index (χ1v) is 16.1. The van der Waals surface area contributed by atoms with Crippen LogP contribution >= 0.6 is 0 Å². The first-order valence-electron chi connectivity index (χ1n) is 14.7.